The lowest BCUT2D eigenvalue weighted by atomic mass is 10.1. The van der Waals surface area contributed by atoms with Crippen LogP contribution in [0.15, 0.2) is 53.7 Å². The first-order valence-electron chi connectivity index (χ1n) is 9.12. The lowest BCUT2D eigenvalue weighted by Crippen LogP contribution is -2.07. The van der Waals surface area contributed by atoms with Gasteiger partial charge < -0.3 is 5.32 Å². The second kappa shape index (κ2) is 7.56. The number of nitrogens with one attached hydrogen (secondary N) is 1. The molecule has 0 saturated heterocycles. The van der Waals surface area contributed by atoms with E-state index in [0.29, 0.717) is 5.92 Å². The highest BCUT2D eigenvalue weighted by Gasteiger charge is 2.31. The largest absolute Gasteiger partial charge is 0.326 e. The highest BCUT2D eigenvalue weighted by molar-refractivity contribution is 7.98. The molecule has 5 nitrogen and oxygen atoms in total. The van der Waals surface area contributed by atoms with Crippen LogP contribution in [0.2, 0.25) is 0 Å². The maximum absolute atomic E-state index is 11.4. The van der Waals surface area contributed by atoms with Crippen LogP contribution < -0.4 is 5.32 Å². The number of benzene rings is 2. The maximum atomic E-state index is 11.4. The molecule has 138 valence electrons. The summed E-state index contributed by atoms with van der Waals surface area (Å²) in [5, 5.41) is 12.7. The molecule has 1 fully saturated rings. The van der Waals surface area contributed by atoms with Crippen LogP contribution in [0.1, 0.15) is 42.6 Å². The Hall–Kier alpha value is -2.60. The van der Waals surface area contributed by atoms with Crippen LogP contribution in [-0.4, -0.2) is 20.7 Å². The number of carbonyl (C=O) groups is 1. The van der Waals surface area contributed by atoms with Gasteiger partial charge in [-0.25, -0.2) is 0 Å². The number of amides is 1. The van der Waals surface area contributed by atoms with Gasteiger partial charge in [0.05, 0.1) is 5.69 Å². The molecule has 1 N–H and O–H groups in total. The van der Waals surface area contributed by atoms with Crippen LogP contribution in [0.25, 0.3) is 5.69 Å². The summed E-state index contributed by atoms with van der Waals surface area (Å²) in [6, 6.07) is 16.3. The molecular formula is C21H22N4OS. The molecule has 0 atom stereocenters. The fourth-order valence-electron chi connectivity index (χ4n) is 3.06. The van der Waals surface area contributed by atoms with Crippen molar-refractivity contribution in [3.63, 3.8) is 0 Å². The summed E-state index contributed by atoms with van der Waals surface area (Å²) >= 11 is 1.70. The van der Waals surface area contributed by atoms with Crippen LogP contribution in [0.3, 0.4) is 0 Å². The van der Waals surface area contributed by atoms with Crippen LogP contribution in [0.4, 0.5) is 5.69 Å². The van der Waals surface area contributed by atoms with Crippen molar-refractivity contribution in [1.29, 1.82) is 0 Å². The van der Waals surface area contributed by atoms with Crippen LogP contribution >= 0.6 is 11.8 Å². The van der Waals surface area contributed by atoms with Gasteiger partial charge in [0.25, 0.3) is 0 Å². The number of aryl methyl sites for hydroxylation is 1. The van der Waals surface area contributed by atoms with E-state index in [1.807, 2.05) is 24.3 Å². The summed E-state index contributed by atoms with van der Waals surface area (Å²) in [5.41, 5.74) is 4.36. The summed E-state index contributed by atoms with van der Waals surface area (Å²) in [4.78, 5) is 11.4. The van der Waals surface area contributed by atoms with Gasteiger partial charge in [-0.15, -0.1) is 10.2 Å². The first kappa shape index (κ1) is 17.8. The highest BCUT2D eigenvalue weighted by Crippen LogP contribution is 2.41. The lowest BCUT2D eigenvalue weighted by molar-refractivity contribution is -0.114. The Morgan fingerprint density at radius 1 is 1.19 bits per heavy atom. The zero-order valence-corrected chi connectivity index (χ0v) is 16.3. The number of anilines is 1. The molecule has 4 rings (SSSR count). The van der Waals surface area contributed by atoms with Gasteiger partial charge in [-0.05, 0) is 49.1 Å². The smallest absolute Gasteiger partial charge is 0.221 e. The van der Waals surface area contributed by atoms with Gasteiger partial charge in [-0.3, -0.25) is 9.36 Å². The molecule has 3 aromatic rings. The Labute approximate surface area is 163 Å². The van der Waals surface area contributed by atoms with E-state index in [0.717, 1.165) is 41.0 Å². The van der Waals surface area contributed by atoms with Gasteiger partial charge in [0.15, 0.2) is 5.16 Å². The molecule has 1 aliphatic rings. The van der Waals surface area contributed by atoms with Gasteiger partial charge >= 0.3 is 0 Å². The van der Waals surface area contributed by atoms with Crippen LogP contribution in [0.5, 0.6) is 0 Å². The minimum absolute atomic E-state index is 0.0764. The van der Waals surface area contributed by atoms with Crippen molar-refractivity contribution in [3.8, 4) is 5.69 Å². The zero-order chi connectivity index (χ0) is 18.8. The van der Waals surface area contributed by atoms with Gasteiger partial charge in [-0.2, -0.15) is 0 Å². The van der Waals surface area contributed by atoms with E-state index in [1.165, 1.54) is 18.1 Å². The SMILES string of the molecule is CC(=O)Nc1cccc(-n2c(SCc3ccccc3C)nnc2C2CC2)c1. The fourth-order valence-corrected chi connectivity index (χ4v) is 4.10. The Kier molecular flexibility index (Phi) is 4.99. The molecule has 1 heterocycles. The highest BCUT2D eigenvalue weighted by atomic mass is 32.2. The number of hydrogen-bond donors (Lipinski definition) is 1. The Morgan fingerprint density at radius 3 is 2.74 bits per heavy atom. The fraction of sp³-hybridized carbons (Fsp3) is 0.286. The molecule has 1 aromatic heterocycles. The second-order valence-corrected chi connectivity index (χ2v) is 7.84. The second-order valence-electron chi connectivity index (χ2n) is 6.90. The third-order valence-corrected chi connectivity index (χ3v) is 5.62. The molecule has 2 aromatic carbocycles. The van der Waals surface area contributed by atoms with Gasteiger partial charge in [-0.1, -0.05) is 42.1 Å². The molecule has 0 bridgehead atoms. The Bertz CT molecular complexity index is 978. The topological polar surface area (TPSA) is 59.8 Å². The van der Waals surface area contributed by atoms with E-state index in [-0.39, 0.29) is 5.91 Å². The van der Waals surface area contributed by atoms with Crippen LogP contribution in [0, 0.1) is 6.92 Å². The predicted octanol–water partition coefficient (Wildman–Crippen LogP) is 4.70. The predicted molar refractivity (Wildman–Crippen MR) is 108 cm³/mol. The van der Waals surface area contributed by atoms with E-state index < -0.39 is 0 Å². The van der Waals surface area contributed by atoms with Crippen molar-refractivity contribution >= 4 is 23.4 Å². The van der Waals surface area contributed by atoms with Crippen LogP contribution in [-0.2, 0) is 10.5 Å². The average Bonchev–Trinajstić information content (AvgIpc) is 3.40. The summed E-state index contributed by atoms with van der Waals surface area (Å²) < 4.78 is 2.14. The number of hydrogen-bond acceptors (Lipinski definition) is 4. The number of carbonyl (C=O) groups excluding carboxylic acids is 1. The molecule has 1 amide bonds. The van der Waals surface area contributed by atoms with E-state index in [2.05, 4.69) is 51.3 Å². The van der Waals surface area contributed by atoms with Crippen molar-refractivity contribution in [2.75, 3.05) is 5.32 Å². The standard InChI is InChI=1S/C21H22N4OS/c1-14-6-3-4-7-17(14)13-27-21-24-23-20(16-10-11-16)25(21)19-9-5-8-18(12-19)22-15(2)26/h3-9,12,16H,10-11,13H2,1-2H3,(H,22,26). The monoisotopic (exact) mass is 378 g/mol. The first-order chi connectivity index (χ1) is 13.1. The quantitative estimate of drug-likeness (QED) is 0.632. The lowest BCUT2D eigenvalue weighted by Gasteiger charge is -2.12. The maximum Gasteiger partial charge on any atom is 0.221 e. The molecule has 27 heavy (non-hydrogen) atoms. The number of thioether (sulfide) groups is 1. The van der Waals surface area contributed by atoms with Crippen molar-refractivity contribution in [3.05, 3.63) is 65.5 Å². The van der Waals surface area contributed by atoms with Crippen molar-refractivity contribution in [2.45, 2.75) is 43.5 Å². The Balaban J connectivity index is 1.66. The number of nitrogens with zero attached hydrogens (tertiary/aromatic N) is 3. The third kappa shape index (κ3) is 4.06. The Morgan fingerprint density at radius 2 is 2.00 bits per heavy atom. The summed E-state index contributed by atoms with van der Waals surface area (Å²) in [7, 11) is 0. The minimum Gasteiger partial charge on any atom is -0.326 e. The van der Waals surface area contributed by atoms with E-state index in [1.54, 1.807) is 11.8 Å². The summed E-state index contributed by atoms with van der Waals surface area (Å²) in [6.07, 6.45) is 2.32. The molecule has 0 spiro atoms. The summed E-state index contributed by atoms with van der Waals surface area (Å²) in [6.45, 7) is 3.65. The zero-order valence-electron chi connectivity index (χ0n) is 15.5. The molecule has 0 unspecified atom stereocenters. The van der Waals surface area contributed by atoms with Gasteiger partial charge in [0.1, 0.15) is 5.82 Å². The van der Waals surface area contributed by atoms with E-state index >= 15 is 0 Å². The number of aromatic nitrogens is 3. The molecular weight excluding hydrogens is 356 g/mol. The van der Waals surface area contributed by atoms with Crippen molar-refractivity contribution in [2.24, 2.45) is 0 Å². The third-order valence-electron chi connectivity index (χ3n) is 4.64. The molecule has 6 heteroatoms. The summed E-state index contributed by atoms with van der Waals surface area (Å²) in [5.74, 6) is 2.27. The molecule has 1 aliphatic carbocycles. The molecule has 0 radical (unpaired) electrons. The average molecular weight is 379 g/mol. The molecule has 1 saturated carbocycles. The van der Waals surface area contributed by atoms with Gasteiger partial charge in [0, 0.05) is 24.3 Å². The van der Waals surface area contributed by atoms with E-state index in [9.17, 15) is 4.79 Å². The van der Waals surface area contributed by atoms with Crippen molar-refractivity contribution in [1.82, 2.24) is 14.8 Å². The molecule has 0 aliphatic heterocycles. The van der Waals surface area contributed by atoms with E-state index in [4.69, 9.17) is 0 Å². The minimum atomic E-state index is -0.0764. The number of rotatable bonds is 6. The first-order valence-corrected chi connectivity index (χ1v) is 10.1. The normalized spacial score (nSPS) is 13.6. The van der Waals surface area contributed by atoms with Gasteiger partial charge in [0.2, 0.25) is 5.91 Å². The van der Waals surface area contributed by atoms with Crippen molar-refractivity contribution < 1.29 is 4.79 Å².